The minimum Gasteiger partial charge on any atom is -0.378 e. The fourth-order valence-electron chi connectivity index (χ4n) is 4.34. The summed E-state index contributed by atoms with van der Waals surface area (Å²) in [6.45, 7) is 26.0. The van der Waals surface area contributed by atoms with Gasteiger partial charge in [-0.2, -0.15) is 0 Å². The first-order valence-corrected chi connectivity index (χ1v) is 16.7. The molecule has 0 saturated carbocycles. The molecule has 0 aromatic heterocycles. The summed E-state index contributed by atoms with van der Waals surface area (Å²) >= 11 is 0. The molecule has 0 aromatic carbocycles. The number of nitrogens with one attached hydrogen (secondary N) is 1. The van der Waals surface area contributed by atoms with Crippen molar-refractivity contribution < 1.29 is 38.1 Å². The molecule has 0 heterocycles. The van der Waals surface area contributed by atoms with Crippen molar-refractivity contribution in [1.82, 2.24) is 10.2 Å². The topological polar surface area (TPSA) is 120 Å². The van der Waals surface area contributed by atoms with E-state index in [1.807, 2.05) is 55.4 Å². The number of ether oxygens (including phenoxy) is 4. The van der Waals surface area contributed by atoms with Gasteiger partial charge in [0.1, 0.15) is 22.9 Å². The highest BCUT2D eigenvalue weighted by atomic mass is 16.5. The minimum absolute atomic E-state index is 0.00398. The quantitative estimate of drug-likeness (QED) is 0.130. The van der Waals surface area contributed by atoms with Crippen LogP contribution in [0.1, 0.15) is 116 Å². The van der Waals surface area contributed by atoms with Gasteiger partial charge in [-0.3, -0.25) is 19.2 Å². The molecule has 0 spiro atoms. The van der Waals surface area contributed by atoms with Gasteiger partial charge in [0.15, 0.2) is 0 Å². The van der Waals surface area contributed by atoms with Crippen molar-refractivity contribution in [2.24, 2.45) is 11.8 Å². The first-order chi connectivity index (χ1) is 20.7. The molecule has 10 heteroatoms. The Bertz CT molecular complexity index is 840. The van der Waals surface area contributed by atoms with Crippen LogP contribution in [0.3, 0.4) is 0 Å². The van der Waals surface area contributed by atoms with Crippen LogP contribution in [-0.4, -0.2) is 104 Å². The lowest BCUT2D eigenvalue weighted by Gasteiger charge is -2.42. The van der Waals surface area contributed by atoms with E-state index in [0.29, 0.717) is 6.61 Å². The molecule has 0 radical (unpaired) electrons. The van der Waals surface area contributed by atoms with Crippen LogP contribution in [0.15, 0.2) is 0 Å². The van der Waals surface area contributed by atoms with Gasteiger partial charge in [0.05, 0.1) is 58.3 Å². The Balaban J connectivity index is 0. The molecule has 0 unspecified atom stereocenters. The number of hydrogen-bond donors (Lipinski definition) is 1. The summed E-state index contributed by atoms with van der Waals surface area (Å²) < 4.78 is 24.2. The molecule has 10 nitrogen and oxygen atoms in total. The first-order valence-electron chi connectivity index (χ1n) is 16.7. The summed E-state index contributed by atoms with van der Waals surface area (Å²) in [5.74, 6) is -0.223. The zero-order valence-corrected chi connectivity index (χ0v) is 31.2. The normalized spacial score (nSPS) is 12.4. The van der Waals surface area contributed by atoms with Gasteiger partial charge in [0.25, 0.3) is 0 Å². The third kappa shape index (κ3) is 20.9. The number of nitrogens with zero attached hydrogens (tertiary/aromatic N) is 1. The molecule has 0 saturated heterocycles. The van der Waals surface area contributed by atoms with Crippen LogP contribution in [0.4, 0.5) is 0 Å². The zero-order valence-electron chi connectivity index (χ0n) is 31.2. The molecule has 0 aliphatic carbocycles. The standard InChI is InChI=1S/C33H62N2O8.C2H6/c1-24(2)28(37)14-17-41-22-33(21-40-16-13-27(7)36,23-42-18-15-29(38)25(3)4)35(12)30(39)19-32(10,11)43-20-31(8,9)34-26(5)6;1-2/h24-26,34H,13-23H2,1-12H3;1-2H3. The van der Waals surface area contributed by atoms with E-state index >= 15 is 0 Å². The van der Waals surface area contributed by atoms with Crippen LogP contribution in [0.25, 0.3) is 0 Å². The van der Waals surface area contributed by atoms with Gasteiger partial charge < -0.3 is 29.2 Å². The Kier molecular flexibility index (Phi) is 22.9. The summed E-state index contributed by atoms with van der Waals surface area (Å²) in [7, 11) is 1.68. The molecule has 0 aliphatic rings. The number of carbonyl (C=O) groups excluding carboxylic acids is 4. The number of likely N-dealkylation sites (N-methyl/N-ethyl adjacent to an activating group) is 1. The minimum atomic E-state index is -1.07. The average molecular weight is 645 g/mol. The zero-order chi connectivity index (χ0) is 35.4. The van der Waals surface area contributed by atoms with Crippen molar-refractivity contribution in [2.75, 3.05) is 53.3 Å². The molecule has 0 aliphatic heterocycles. The largest absolute Gasteiger partial charge is 0.378 e. The maximum atomic E-state index is 13.8. The average Bonchev–Trinajstić information content (AvgIpc) is 2.93. The van der Waals surface area contributed by atoms with Crippen molar-refractivity contribution in [3.05, 3.63) is 0 Å². The fourth-order valence-corrected chi connectivity index (χ4v) is 4.34. The lowest BCUT2D eigenvalue weighted by atomic mass is 9.97. The molecule has 0 rings (SSSR count). The van der Waals surface area contributed by atoms with Crippen molar-refractivity contribution >= 4 is 23.3 Å². The van der Waals surface area contributed by atoms with E-state index in [-0.39, 0.29) is 112 Å². The van der Waals surface area contributed by atoms with Crippen LogP contribution in [0, 0.1) is 11.8 Å². The highest BCUT2D eigenvalue weighted by molar-refractivity contribution is 5.80. The molecule has 0 bridgehead atoms. The van der Waals surface area contributed by atoms with Crippen LogP contribution < -0.4 is 5.32 Å². The van der Waals surface area contributed by atoms with Gasteiger partial charge in [-0.15, -0.1) is 0 Å². The Morgan fingerprint density at radius 1 is 0.689 bits per heavy atom. The second-order valence-electron chi connectivity index (χ2n) is 13.9. The van der Waals surface area contributed by atoms with Crippen LogP contribution in [-0.2, 0) is 38.1 Å². The van der Waals surface area contributed by atoms with E-state index in [2.05, 4.69) is 33.0 Å². The fraction of sp³-hybridized carbons (Fsp3) is 0.886. The lowest BCUT2D eigenvalue weighted by Crippen LogP contribution is -2.60. The van der Waals surface area contributed by atoms with E-state index in [1.165, 1.54) is 6.92 Å². The van der Waals surface area contributed by atoms with Crippen LogP contribution >= 0.6 is 0 Å². The second-order valence-corrected chi connectivity index (χ2v) is 13.9. The number of carbonyl (C=O) groups is 4. The van der Waals surface area contributed by atoms with E-state index < -0.39 is 11.1 Å². The number of rotatable bonds is 25. The number of ketones is 3. The van der Waals surface area contributed by atoms with E-state index in [0.717, 1.165) is 0 Å². The lowest BCUT2D eigenvalue weighted by molar-refractivity contribution is -0.156. The van der Waals surface area contributed by atoms with Crippen molar-refractivity contribution in [3.63, 3.8) is 0 Å². The Labute approximate surface area is 275 Å². The molecule has 0 atom stereocenters. The van der Waals surface area contributed by atoms with Gasteiger partial charge in [-0.25, -0.2) is 0 Å². The Morgan fingerprint density at radius 2 is 1.09 bits per heavy atom. The van der Waals surface area contributed by atoms with Gasteiger partial charge in [0.2, 0.25) is 5.91 Å². The van der Waals surface area contributed by atoms with Gasteiger partial charge in [-0.05, 0) is 34.6 Å². The molecule has 0 fully saturated rings. The first kappa shape index (κ1) is 45.4. The van der Waals surface area contributed by atoms with Crippen molar-refractivity contribution in [3.8, 4) is 0 Å². The van der Waals surface area contributed by atoms with Crippen molar-refractivity contribution in [1.29, 1.82) is 0 Å². The maximum absolute atomic E-state index is 13.8. The number of hydrogen-bond acceptors (Lipinski definition) is 9. The van der Waals surface area contributed by atoms with Gasteiger partial charge in [-0.1, -0.05) is 55.4 Å². The van der Waals surface area contributed by atoms with Crippen LogP contribution in [0.5, 0.6) is 0 Å². The molecule has 45 heavy (non-hydrogen) atoms. The predicted octanol–water partition coefficient (Wildman–Crippen LogP) is 5.43. The molecule has 0 aromatic rings. The summed E-state index contributed by atoms with van der Waals surface area (Å²) in [5, 5.41) is 3.47. The third-order valence-corrected chi connectivity index (χ3v) is 7.15. The van der Waals surface area contributed by atoms with Gasteiger partial charge >= 0.3 is 0 Å². The highest BCUT2D eigenvalue weighted by Gasteiger charge is 2.41. The molecule has 1 amide bonds. The molecular formula is C35H68N2O8. The smallest absolute Gasteiger partial charge is 0.225 e. The molecule has 266 valence electrons. The molecular weight excluding hydrogens is 576 g/mol. The monoisotopic (exact) mass is 644 g/mol. The van der Waals surface area contributed by atoms with Crippen LogP contribution in [0.2, 0.25) is 0 Å². The van der Waals surface area contributed by atoms with E-state index in [1.54, 1.807) is 11.9 Å². The Morgan fingerprint density at radius 3 is 1.44 bits per heavy atom. The van der Waals surface area contributed by atoms with Gasteiger partial charge in [0, 0.05) is 49.7 Å². The number of amides is 1. The third-order valence-electron chi connectivity index (χ3n) is 7.15. The Hall–Kier alpha value is -1.72. The number of Topliss-reactive ketones (excluding diaryl/α,β-unsaturated/α-hetero) is 3. The SMILES string of the molecule is CC.CC(=O)CCOCC(COCCC(=O)C(C)C)(COCCC(=O)C(C)C)N(C)C(=O)CC(C)(C)OCC(C)(C)NC(C)C. The molecule has 1 N–H and O–H groups in total. The maximum Gasteiger partial charge on any atom is 0.225 e. The van der Waals surface area contributed by atoms with E-state index in [4.69, 9.17) is 18.9 Å². The summed E-state index contributed by atoms with van der Waals surface area (Å²) in [6.07, 6.45) is 0.833. The van der Waals surface area contributed by atoms with Crippen molar-refractivity contribution in [2.45, 2.75) is 138 Å². The highest BCUT2D eigenvalue weighted by Crippen LogP contribution is 2.24. The summed E-state index contributed by atoms with van der Waals surface area (Å²) in [4.78, 5) is 51.3. The summed E-state index contributed by atoms with van der Waals surface area (Å²) in [5.41, 5.74) is -2.11. The summed E-state index contributed by atoms with van der Waals surface area (Å²) in [6, 6.07) is 0.282. The van der Waals surface area contributed by atoms with E-state index in [9.17, 15) is 19.2 Å². The second kappa shape index (κ2) is 22.7. The predicted molar refractivity (Wildman–Crippen MR) is 181 cm³/mol.